The second kappa shape index (κ2) is 15.7. The molecule has 0 radical (unpaired) electrons. The Hall–Kier alpha value is -3.17. The number of aromatic nitrogens is 2. The van der Waals surface area contributed by atoms with Crippen LogP contribution in [0, 0.1) is 0 Å². The molecule has 0 spiro atoms. The lowest BCUT2D eigenvalue weighted by atomic mass is 10.1. The second-order valence-electron chi connectivity index (χ2n) is 7.81. The van der Waals surface area contributed by atoms with Gasteiger partial charge in [-0.05, 0) is 32.2 Å². The summed E-state index contributed by atoms with van der Waals surface area (Å²) >= 11 is 3.93. The number of nitrogens with two attached hydrogens (primary N) is 2. The van der Waals surface area contributed by atoms with Gasteiger partial charge in [0.1, 0.15) is 18.1 Å². The average molecular weight is 516 g/mol. The van der Waals surface area contributed by atoms with Crippen LogP contribution in [-0.4, -0.2) is 86.3 Å². The maximum absolute atomic E-state index is 13.0. The van der Waals surface area contributed by atoms with Crippen LogP contribution in [0.2, 0.25) is 0 Å². The molecular weight excluding hydrogens is 482 g/mol. The molecule has 0 saturated carbocycles. The first-order valence-corrected chi connectivity index (χ1v) is 11.6. The number of imidazole rings is 1. The lowest BCUT2D eigenvalue weighted by Crippen LogP contribution is -2.57. The fourth-order valence-electron chi connectivity index (χ4n) is 3.02. The summed E-state index contributed by atoms with van der Waals surface area (Å²) in [5.41, 5.74) is 11.5. The molecular formula is C20H33N7O7S. The minimum atomic E-state index is -1.30. The van der Waals surface area contributed by atoms with E-state index < -0.39 is 60.2 Å². The van der Waals surface area contributed by atoms with Crippen LogP contribution in [0.3, 0.4) is 0 Å². The summed E-state index contributed by atoms with van der Waals surface area (Å²) in [5, 5.41) is 25.7. The van der Waals surface area contributed by atoms with Crippen LogP contribution in [0.4, 0.5) is 0 Å². The van der Waals surface area contributed by atoms with Crippen LogP contribution in [0.15, 0.2) is 12.5 Å². The zero-order valence-electron chi connectivity index (χ0n) is 19.1. The Kier molecular flexibility index (Phi) is 13.4. The van der Waals surface area contributed by atoms with E-state index in [0.29, 0.717) is 25.1 Å². The number of aromatic amines is 1. The van der Waals surface area contributed by atoms with Gasteiger partial charge in [-0.2, -0.15) is 12.6 Å². The second-order valence-corrected chi connectivity index (χ2v) is 8.17. The van der Waals surface area contributed by atoms with Crippen LogP contribution in [0.25, 0.3) is 0 Å². The van der Waals surface area contributed by atoms with Crippen molar-refractivity contribution in [1.29, 1.82) is 0 Å². The third kappa shape index (κ3) is 11.2. The van der Waals surface area contributed by atoms with Gasteiger partial charge in [0.05, 0.1) is 12.4 Å². The molecule has 0 aliphatic heterocycles. The number of unbranched alkanes of at least 4 members (excludes halogenated alkanes) is 1. The van der Waals surface area contributed by atoms with Gasteiger partial charge in [-0.3, -0.25) is 19.2 Å². The Morgan fingerprint density at radius 3 is 2.14 bits per heavy atom. The maximum atomic E-state index is 13.0. The number of nitrogens with one attached hydrogen (secondary N) is 4. The first kappa shape index (κ1) is 29.9. The highest BCUT2D eigenvalue weighted by atomic mass is 32.1. The molecule has 4 atom stereocenters. The summed E-state index contributed by atoms with van der Waals surface area (Å²) in [6, 6.07) is -4.79. The predicted molar refractivity (Wildman–Crippen MR) is 127 cm³/mol. The van der Waals surface area contributed by atoms with Gasteiger partial charge in [0, 0.05) is 30.5 Å². The van der Waals surface area contributed by atoms with Crippen molar-refractivity contribution >= 4 is 42.3 Å². The Morgan fingerprint density at radius 2 is 1.60 bits per heavy atom. The Labute approximate surface area is 207 Å². The van der Waals surface area contributed by atoms with Crippen molar-refractivity contribution in [2.75, 3.05) is 12.3 Å². The number of carboxylic acid groups (broad SMARTS) is 2. The number of thiol groups is 1. The summed E-state index contributed by atoms with van der Waals surface area (Å²) in [7, 11) is 0. The summed E-state index contributed by atoms with van der Waals surface area (Å²) in [6.45, 7) is 0.374. The van der Waals surface area contributed by atoms with E-state index in [1.54, 1.807) is 0 Å². The van der Waals surface area contributed by atoms with Gasteiger partial charge in [0.2, 0.25) is 17.7 Å². The fourth-order valence-corrected chi connectivity index (χ4v) is 3.18. The number of hydrogen-bond donors (Lipinski definition) is 9. The van der Waals surface area contributed by atoms with Gasteiger partial charge in [0.25, 0.3) is 0 Å². The molecule has 1 rings (SSSR count). The van der Waals surface area contributed by atoms with Gasteiger partial charge in [-0.25, -0.2) is 9.78 Å². The topological polar surface area (TPSA) is 243 Å². The molecule has 1 aromatic heterocycles. The van der Waals surface area contributed by atoms with Crippen molar-refractivity contribution in [2.45, 2.75) is 62.7 Å². The summed E-state index contributed by atoms with van der Waals surface area (Å²) in [4.78, 5) is 67.4. The lowest BCUT2D eigenvalue weighted by molar-refractivity contribution is -0.142. The molecule has 14 nitrogen and oxygen atoms in total. The van der Waals surface area contributed by atoms with Crippen molar-refractivity contribution in [1.82, 2.24) is 25.9 Å². The molecule has 3 amide bonds. The van der Waals surface area contributed by atoms with Crippen LogP contribution < -0.4 is 27.4 Å². The molecule has 0 aromatic carbocycles. The third-order valence-electron chi connectivity index (χ3n) is 4.99. The number of carbonyl (C=O) groups is 5. The monoisotopic (exact) mass is 515 g/mol. The van der Waals surface area contributed by atoms with E-state index in [1.807, 2.05) is 0 Å². The molecule has 0 bridgehead atoms. The molecule has 4 unspecified atom stereocenters. The quantitative estimate of drug-likeness (QED) is 0.0796. The smallest absolute Gasteiger partial charge is 0.326 e. The molecule has 10 N–H and O–H groups in total. The third-order valence-corrected chi connectivity index (χ3v) is 5.38. The van der Waals surface area contributed by atoms with Gasteiger partial charge in [0.15, 0.2) is 0 Å². The number of carboxylic acids is 2. The minimum Gasteiger partial charge on any atom is -0.481 e. The van der Waals surface area contributed by atoms with Gasteiger partial charge in [-0.1, -0.05) is 0 Å². The average Bonchev–Trinajstić information content (AvgIpc) is 3.32. The Bertz CT molecular complexity index is 853. The van der Waals surface area contributed by atoms with Crippen molar-refractivity contribution in [2.24, 2.45) is 11.5 Å². The fraction of sp³-hybridized carbons (Fsp3) is 0.600. The van der Waals surface area contributed by atoms with E-state index in [4.69, 9.17) is 16.6 Å². The number of aliphatic carboxylic acids is 2. The molecule has 0 aliphatic rings. The number of nitrogens with zero attached hydrogens (tertiary/aromatic N) is 1. The maximum Gasteiger partial charge on any atom is 0.326 e. The van der Waals surface area contributed by atoms with E-state index in [0.717, 1.165) is 0 Å². The number of amides is 3. The molecule has 15 heteroatoms. The molecule has 196 valence electrons. The van der Waals surface area contributed by atoms with Gasteiger partial charge < -0.3 is 42.6 Å². The van der Waals surface area contributed by atoms with E-state index in [1.165, 1.54) is 12.5 Å². The minimum absolute atomic E-state index is 0.00924. The number of H-pyrrole nitrogens is 1. The van der Waals surface area contributed by atoms with E-state index >= 15 is 0 Å². The van der Waals surface area contributed by atoms with E-state index in [2.05, 4.69) is 38.5 Å². The van der Waals surface area contributed by atoms with Crippen molar-refractivity contribution in [3.8, 4) is 0 Å². The Balaban J connectivity index is 3.04. The van der Waals surface area contributed by atoms with Gasteiger partial charge >= 0.3 is 11.9 Å². The number of rotatable bonds is 17. The molecule has 1 aromatic rings. The standard InChI is InChI=1S/C20H33N7O7S/c21-6-2-1-3-14(20(33)34)26-19(32)15(7-11-8-23-10-24-11)27-18(31)13(4-5-16(28)29)25-17(30)12(22)9-35/h8,10,12-15,35H,1-7,9,21-22H2,(H,23,24)(H,25,30)(H,26,32)(H,27,31)(H,28,29)(H,33,34). The van der Waals surface area contributed by atoms with Crippen LogP contribution in [-0.2, 0) is 30.4 Å². The Morgan fingerprint density at radius 1 is 0.971 bits per heavy atom. The van der Waals surface area contributed by atoms with Crippen LogP contribution >= 0.6 is 12.6 Å². The SMILES string of the molecule is NCCCCC(NC(=O)C(Cc1cnc[nH]1)NC(=O)C(CCC(=O)O)NC(=O)C(N)CS)C(=O)O. The summed E-state index contributed by atoms with van der Waals surface area (Å²) < 4.78 is 0. The normalized spacial score (nSPS) is 14.3. The highest BCUT2D eigenvalue weighted by Gasteiger charge is 2.30. The first-order chi connectivity index (χ1) is 16.6. The zero-order valence-corrected chi connectivity index (χ0v) is 20.0. The van der Waals surface area contributed by atoms with Crippen molar-refractivity contribution in [3.63, 3.8) is 0 Å². The van der Waals surface area contributed by atoms with E-state index in [-0.39, 0.29) is 25.0 Å². The molecule has 0 fully saturated rings. The summed E-state index contributed by atoms with van der Waals surface area (Å²) in [6.07, 6.45) is 3.22. The number of hydrogen-bond acceptors (Lipinski definition) is 9. The largest absolute Gasteiger partial charge is 0.481 e. The molecule has 0 saturated heterocycles. The molecule has 0 aliphatic carbocycles. The first-order valence-electron chi connectivity index (χ1n) is 11.0. The van der Waals surface area contributed by atoms with Crippen LogP contribution in [0.5, 0.6) is 0 Å². The molecule has 35 heavy (non-hydrogen) atoms. The lowest BCUT2D eigenvalue weighted by Gasteiger charge is -2.24. The van der Waals surface area contributed by atoms with Crippen molar-refractivity contribution in [3.05, 3.63) is 18.2 Å². The van der Waals surface area contributed by atoms with Crippen molar-refractivity contribution < 1.29 is 34.2 Å². The van der Waals surface area contributed by atoms with Gasteiger partial charge in [-0.15, -0.1) is 0 Å². The van der Waals surface area contributed by atoms with Crippen LogP contribution in [0.1, 0.15) is 37.8 Å². The highest BCUT2D eigenvalue weighted by molar-refractivity contribution is 7.80. The predicted octanol–water partition coefficient (Wildman–Crippen LogP) is -2.26. The summed E-state index contributed by atoms with van der Waals surface area (Å²) in [5.74, 6) is -4.77. The zero-order chi connectivity index (χ0) is 26.4. The highest BCUT2D eigenvalue weighted by Crippen LogP contribution is 2.06. The number of carbonyl (C=O) groups excluding carboxylic acids is 3. The molecule has 1 heterocycles. The van der Waals surface area contributed by atoms with E-state index in [9.17, 15) is 29.1 Å².